The molecule has 2 unspecified atom stereocenters. The molecule has 0 saturated carbocycles. The highest BCUT2D eigenvalue weighted by atomic mass is 16.5. The Kier molecular flexibility index (Phi) is 7.96. The maximum atomic E-state index is 12.9. The summed E-state index contributed by atoms with van der Waals surface area (Å²) in [4.78, 5) is 23.9. The Morgan fingerprint density at radius 3 is 2.45 bits per heavy atom. The number of nitrogens with one attached hydrogen (secondary N) is 1. The molecule has 2 fully saturated rings. The Hall–Kier alpha value is -2.90. The molecule has 2 aliphatic rings. The average Bonchev–Trinajstić information content (AvgIpc) is 3.29. The van der Waals surface area contributed by atoms with E-state index in [9.17, 15) is 4.79 Å². The molecule has 1 N–H and O–H groups in total. The van der Waals surface area contributed by atoms with Crippen LogP contribution in [-0.2, 0) is 22.6 Å². The summed E-state index contributed by atoms with van der Waals surface area (Å²) in [7, 11) is 1.78. The summed E-state index contributed by atoms with van der Waals surface area (Å²) in [6, 6.07) is 21.0. The maximum Gasteiger partial charge on any atom is 0.242 e. The smallest absolute Gasteiger partial charge is 0.242 e. The van der Waals surface area contributed by atoms with Crippen LogP contribution >= 0.6 is 0 Å². The van der Waals surface area contributed by atoms with E-state index in [2.05, 4.69) is 62.6 Å². The van der Waals surface area contributed by atoms with Crippen LogP contribution in [0.1, 0.15) is 18.1 Å². The summed E-state index contributed by atoms with van der Waals surface area (Å²) < 4.78 is 6.10. The predicted octanol–water partition coefficient (Wildman–Crippen LogP) is 2.20. The van der Waals surface area contributed by atoms with Crippen LogP contribution in [0.4, 0.5) is 0 Å². The molecule has 7 nitrogen and oxygen atoms in total. The third kappa shape index (κ3) is 5.92. The number of hydrogen-bond acceptors (Lipinski definition) is 4. The molecular formula is C26H35N5O2. The van der Waals surface area contributed by atoms with Crippen LogP contribution in [0.25, 0.3) is 0 Å². The summed E-state index contributed by atoms with van der Waals surface area (Å²) in [6.45, 7) is 7.76. The molecule has 2 aromatic rings. The highest BCUT2D eigenvalue weighted by molar-refractivity contribution is 5.86. The second-order valence-corrected chi connectivity index (χ2v) is 8.63. The van der Waals surface area contributed by atoms with Crippen molar-refractivity contribution in [3.63, 3.8) is 0 Å². The van der Waals surface area contributed by atoms with Crippen molar-refractivity contribution < 1.29 is 9.53 Å². The molecule has 0 spiro atoms. The number of hydrogen-bond donors (Lipinski definition) is 1. The third-order valence-electron chi connectivity index (χ3n) is 6.50. The Labute approximate surface area is 197 Å². The average molecular weight is 450 g/mol. The lowest BCUT2D eigenvalue weighted by Gasteiger charge is -2.36. The van der Waals surface area contributed by atoms with Crippen LogP contribution < -0.4 is 5.32 Å². The van der Waals surface area contributed by atoms with E-state index in [-0.39, 0.29) is 18.6 Å². The van der Waals surface area contributed by atoms with Crippen molar-refractivity contribution in [3.05, 3.63) is 71.8 Å². The van der Waals surface area contributed by atoms with Crippen molar-refractivity contribution in [1.82, 2.24) is 20.0 Å². The van der Waals surface area contributed by atoms with Crippen molar-refractivity contribution in [2.45, 2.75) is 32.2 Å². The first-order chi connectivity index (χ1) is 16.2. The number of aliphatic imine (C=N–C) groups is 1. The molecular weight excluding hydrogens is 414 g/mol. The molecule has 7 heteroatoms. The van der Waals surface area contributed by atoms with Gasteiger partial charge in [-0.05, 0) is 18.1 Å². The van der Waals surface area contributed by atoms with Gasteiger partial charge in [0.15, 0.2) is 5.96 Å². The highest BCUT2D eigenvalue weighted by Gasteiger charge is 2.41. The fourth-order valence-electron chi connectivity index (χ4n) is 4.72. The van der Waals surface area contributed by atoms with Gasteiger partial charge in [0.1, 0.15) is 0 Å². The molecule has 33 heavy (non-hydrogen) atoms. The lowest BCUT2D eigenvalue weighted by Crippen LogP contribution is -2.50. The first-order valence-electron chi connectivity index (χ1n) is 11.8. The quantitative estimate of drug-likeness (QED) is 0.519. The van der Waals surface area contributed by atoms with E-state index in [1.807, 2.05) is 30.0 Å². The molecule has 1 amide bonds. The van der Waals surface area contributed by atoms with Gasteiger partial charge in [-0.25, -0.2) is 0 Å². The van der Waals surface area contributed by atoms with Crippen LogP contribution in [0.15, 0.2) is 65.7 Å². The zero-order chi connectivity index (χ0) is 23.0. The van der Waals surface area contributed by atoms with E-state index in [1.54, 1.807) is 7.05 Å². The molecule has 176 valence electrons. The first-order valence-corrected chi connectivity index (χ1v) is 11.8. The standard InChI is InChI=1S/C26H35N5O2/c1-3-29(17-21-10-6-4-7-11-21)25(32)16-28-26(27-2)31-19-23-24(20-31)33-15-14-30(23)18-22-12-8-5-9-13-22/h4-13,23-24H,3,14-20H2,1-2H3,(H,27,28). The Bertz CT molecular complexity index is 921. The Morgan fingerprint density at radius 1 is 1.09 bits per heavy atom. The van der Waals surface area contributed by atoms with Gasteiger partial charge >= 0.3 is 0 Å². The summed E-state index contributed by atoms with van der Waals surface area (Å²) in [5.41, 5.74) is 2.46. The number of benzene rings is 2. The number of morpholine rings is 1. The predicted molar refractivity (Wildman–Crippen MR) is 131 cm³/mol. The van der Waals surface area contributed by atoms with Crippen molar-refractivity contribution in [2.75, 3.05) is 46.4 Å². The van der Waals surface area contributed by atoms with E-state index >= 15 is 0 Å². The monoisotopic (exact) mass is 449 g/mol. The number of carbonyl (C=O) groups is 1. The maximum absolute atomic E-state index is 12.9. The first kappa shape index (κ1) is 23.3. The summed E-state index contributed by atoms with van der Waals surface area (Å²) in [5.74, 6) is 0.831. The highest BCUT2D eigenvalue weighted by Crippen LogP contribution is 2.24. The van der Waals surface area contributed by atoms with Gasteiger partial charge in [0.25, 0.3) is 0 Å². The zero-order valence-corrected chi connectivity index (χ0v) is 19.7. The number of carbonyl (C=O) groups excluding carboxylic acids is 1. The van der Waals surface area contributed by atoms with Gasteiger partial charge in [-0.2, -0.15) is 0 Å². The number of fused-ring (bicyclic) bond motifs is 1. The van der Waals surface area contributed by atoms with Gasteiger partial charge in [-0.1, -0.05) is 60.7 Å². The second-order valence-electron chi connectivity index (χ2n) is 8.63. The van der Waals surface area contributed by atoms with E-state index in [0.717, 1.165) is 44.3 Å². The molecule has 0 aliphatic carbocycles. The molecule has 2 atom stereocenters. The summed E-state index contributed by atoms with van der Waals surface area (Å²) in [5, 5.41) is 3.30. The molecule has 2 aromatic carbocycles. The normalized spacial score (nSPS) is 21.0. The van der Waals surface area contributed by atoms with Crippen molar-refractivity contribution in [3.8, 4) is 0 Å². The molecule has 2 saturated heterocycles. The van der Waals surface area contributed by atoms with Crippen LogP contribution in [0, 0.1) is 0 Å². The molecule has 0 radical (unpaired) electrons. The van der Waals surface area contributed by atoms with E-state index < -0.39 is 0 Å². The fraction of sp³-hybridized carbons (Fsp3) is 0.462. The SMILES string of the molecule is CCN(Cc1ccccc1)C(=O)CNC(=NC)N1CC2OCCN(Cc3ccccc3)C2C1. The lowest BCUT2D eigenvalue weighted by molar-refractivity contribution is -0.130. The van der Waals surface area contributed by atoms with Gasteiger partial charge in [0.2, 0.25) is 5.91 Å². The van der Waals surface area contributed by atoms with Gasteiger partial charge < -0.3 is 19.9 Å². The molecule has 0 bridgehead atoms. The fourth-order valence-corrected chi connectivity index (χ4v) is 4.72. The molecule has 2 heterocycles. The molecule has 4 rings (SSSR count). The van der Waals surface area contributed by atoms with Gasteiger partial charge in [-0.15, -0.1) is 0 Å². The van der Waals surface area contributed by atoms with Crippen molar-refractivity contribution >= 4 is 11.9 Å². The van der Waals surface area contributed by atoms with E-state index in [4.69, 9.17) is 4.74 Å². The van der Waals surface area contributed by atoms with Crippen LogP contribution in [0.3, 0.4) is 0 Å². The van der Waals surface area contributed by atoms with Crippen molar-refractivity contribution in [2.24, 2.45) is 4.99 Å². The number of likely N-dealkylation sites (tertiary alicyclic amines) is 1. The van der Waals surface area contributed by atoms with Crippen LogP contribution in [0.2, 0.25) is 0 Å². The van der Waals surface area contributed by atoms with Crippen LogP contribution in [-0.4, -0.2) is 85.1 Å². The third-order valence-corrected chi connectivity index (χ3v) is 6.50. The van der Waals surface area contributed by atoms with Gasteiger partial charge in [-0.3, -0.25) is 14.7 Å². The summed E-state index contributed by atoms with van der Waals surface area (Å²) in [6.07, 6.45) is 0.155. The molecule has 0 aromatic heterocycles. The van der Waals surface area contributed by atoms with Crippen molar-refractivity contribution in [1.29, 1.82) is 0 Å². The van der Waals surface area contributed by atoms with E-state index in [0.29, 0.717) is 19.1 Å². The topological polar surface area (TPSA) is 60.4 Å². The minimum Gasteiger partial charge on any atom is -0.373 e. The minimum atomic E-state index is 0.0704. The second kappa shape index (κ2) is 11.3. The number of amides is 1. The minimum absolute atomic E-state index is 0.0704. The zero-order valence-electron chi connectivity index (χ0n) is 19.7. The summed E-state index contributed by atoms with van der Waals surface area (Å²) >= 11 is 0. The van der Waals surface area contributed by atoms with E-state index in [1.165, 1.54) is 5.56 Å². The van der Waals surface area contributed by atoms with Crippen LogP contribution in [0.5, 0.6) is 0 Å². The largest absolute Gasteiger partial charge is 0.373 e. The van der Waals surface area contributed by atoms with Gasteiger partial charge in [0, 0.05) is 46.3 Å². The Balaban J connectivity index is 1.33. The lowest BCUT2D eigenvalue weighted by atomic mass is 10.1. The number of rotatable bonds is 7. The number of nitrogens with zero attached hydrogens (tertiary/aromatic N) is 4. The number of ether oxygens (including phenoxy) is 1. The molecule has 2 aliphatic heterocycles. The van der Waals surface area contributed by atoms with Gasteiger partial charge in [0.05, 0.1) is 25.3 Å². The number of likely N-dealkylation sites (N-methyl/N-ethyl adjacent to an activating group) is 1. The Morgan fingerprint density at radius 2 is 1.79 bits per heavy atom. The number of guanidine groups is 1.